The summed E-state index contributed by atoms with van der Waals surface area (Å²) in [7, 11) is -1.08. The summed E-state index contributed by atoms with van der Waals surface area (Å²) in [5, 5.41) is 24.7. The van der Waals surface area contributed by atoms with Crippen molar-refractivity contribution in [3.8, 4) is 0 Å². The molecule has 2 N–H and O–H groups in total. The van der Waals surface area contributed by atoms with Crippen LogP contribution in [0.15, 0.2) is 28.1 Å². The van der Waals surface area contributed by atoms with Crippen LogP contribution in [-0.2, 0) is 20.4 Å². The van der Waals surface area contributed by atoms with Crippen LogP contribution in [0.25, 0.3) is 0 Å². The van der Waals surface area contributed by atoms with Crippen LogP contribution in [0.3, 0.4) is 0 Å². The molecule has 0 aromatic rings. The second-order valence-electron chi connectivity index (χ2n) is 6.06. The van der Waals surface area contributed by atoms with Crippen molar-refractivity contribution >= 4 is 33.9 Å². The molecule has 0 aliphatic heterocycles. The third-order valence-corrected chi connectivity index (χ3v) is 5.82. The van der Waals surface area contributed by atoms with Gasteiger partial charge in [-0.25, -0.2) is 0 Å². The summed E-state index contributed by atoms with van der Waals surface area (Å²) in [6.45, 7) is 5.52. The number of nitrogens with zero attached hydrogens (tertiary/aromatic N) is 1. The van der Waals surface area contributed by atoms with Crippen LogP contribution in [-0.4, -0.2) is 49.1 Å². The lowest BCUT2D eigenvalue weighted by Gasteiger charge is -2.34. The molecule has 0 saturated heterocycles. The number of aliphatic hydroxyl groups excluding tert-OH is 1. The predicted molar refractivity (Wildman–Crippen MR) is 100 cm³/mol. The predicted octanol–water partition coefficient (Wildman–Crippen LogP) is 2.97. The third-order valence-electron chi connectivity index (χ3n) is 4.01. The third kappa shape index (κ3) is 6.24. The van der Waals surface area contributed by atoms with E-state index in [2.05, 4.69) is 5.16 Å². The SMILES string of the molecule is CC/C(=N/OC/C=C/Cl)C1=C(O)CC(O)(CC(C)S(=O)CC)CC1=O. The summed E-state index contributed by atoms with van der Waals surface area (Å²) >= 11 is 5.39. The summed E-state index contributed by atoms with van der Waals surface area (Å²) in [5.41, 5.74) is 0.338. The number of halogens is 1. The van der Waals surface area contributed by atoms with Gasteiger partial charge >= 0.3 is 0 Å². The molecule has 3 unspecified atom stereocenters. The average molecular weight is 392 g/mol. The van der Waals surface area contributed by atoms with Crippen molar-refractivity contribution in [1.29, 1.82) is 0 Å². The van der Waals surface area contributed by atoms with Crippen LogP contribution in [0.2, 0.25) is 0 Å². The lowest BCUT2D eigenvalue weighted by molar-refractivity contribution is -0.122. The second-order valence-corrected chi connectivity index (χ2v) is 8.45. The van der Waals surface area contributed by atoms with Gasteiger partial charge in [0.15, 0.2) is 5.78 Å². The molecule has 3 atom stereocenters. The van der Waals surface area contributed by atoms with E-state index in [4.69, 9.17) is 16.4 Å². The highest BCUT2D eigenvalue weighted by Crippen LogP contribution is 2.34. The molecule has 0 aromatic heterocycles. The van der Waals surface area contributed by atoms with E-state index >= 15 is 0 Å². The number of hydrogen-bond donors (Lipinski definition) is 2. The van der Waals surface area contributed by atoms with E-state index in [1.54, 1.807) is 19.9 Å². The number of carbonyl (C=O) groups excluding carboxylic acids is 1. The Morgan fingerprint density at radius 1 is 1.48 bits per heavy atom. The Labute approximate surface area is 156 Å². The van der Waals surface area contributed by atoms with Crippen LogP contribution in [0.1, 0.15) is 46.5 Å². The largest absolute Gasteiger partial charge is 0.511 e. The Bertz CT molecular complexity index is 602. The van der Waals surface area contributed by atoms with E-state index in [1.807, 2.05) is 6.92 Å². The Morgan fingerprint density at radius 2 is 2.16 bits per heavy atom. The van der Waals surface area contributed by atoms with Crippen molar-refractivity contribution < 1.29 is 24.1 Å². The molecule has 6 nitrogen and oxygen atoms in total. The van der Waals surface area contributed by atoms with Gasteiger partial charge in [-0.3, -0.25) is 9.00 Å². The van der Waals surface area contributed by atoms with Crippen molar-refractivity contribution in [2.24, 2.45) is 5.16 Å². The maximum Gasteiger partial charge on any atom is 0.171 e. The molecule has 1 aliphatic carbocycles. The quantitative estimate of drug-likeness (QED) is 0.358. The number of allylic oxidation sites excluding steroid dienone is 1. The first kappa shape index (κ1) is 21.9. The van der Waals surface area contributed by atoms with Gasteiger partial charge in [-0.05, 0) is 18.9 Å². The van der Waals surface area contributed by atoms with Gasteiger partial charge < -0.3 is 15.1 Å². The maximum absolute atomic E-state index is 12.5. The molecule has 0 amide bonds. The van der Waals surface area contributed by atoms with Gasteiger partial charge in [0, 0.05) is 40.2 Å². The number of ketones is 1. The van der Waals surface area contributed by atoms with Crippen LogP contribution >= 0.6 is 11.6 Å². The van der Waals surface area contributed by atoms with Gasteiger partial charge in [-0.1, -0.05) is 37.5 Å². The summed E-state index contributed by atoms with van der Waals surface area (Å²) in [6.07, 6.45) is 1.91. The summed E-state index contributed by atoms with van der Waals surface area (Å²) < 4.78 is 11.9. The highest BCUT2D eigenvalue weighted by molar-refractivity contribution is 7.85. The zero-order valence-electron chi connectivity index (χ0n) is 14.8. The van der Waals surface area contributed by atoms with E-state index in [0.29, 0.717) is 17.9 Å². The van der Waals surface area contributed by atoms with Crippen LogP contribution in [0, 0.1) is 0 Å². The van der Waals surface area contributed by atoms with Crippen LogP contribution in [0.4, 0.5) is 0 Å². The molecule has 0 saturated carbocycles. The van der Waals surface area contributed by atoms with E-state index in [-0.39, 0.29) is 42.5 Å². The van der Waals surface area contributed by atoms with Gasteiger partial charge in [0.05, 0.1) is 16.9 Å². The number of rotatable bonds is 9. The van der Waals surface area contributed by atoms with Crippen molar-refractivity contribution in [2.75, 3.05) is 12.4 Å². The number of hydrogen-bond acceptors (Lipinski definition) is 6. The fraction of sp³-hybridized carbons (Fsp3) is 0.647. The van der Waals surface area contributed by atoms with E-state index in [0.717, 1.165) is 0 Å². The van der Waals surface area contributed by atoms with E-state index < -0.39 is 22.2 Å². The Hall–Kier alpha value is -1.18. The van der Waals surface area contributed by atoms with E-state index in [9.17, 15) is 19.2 Å². The molecular weight excluding hydrogens is 366 g/mol. The number of carbonyl (C=O) groups is 1. The highest BCUT2D eigenvalue weighted by atomic mass is 35.5. The zero-order valence-corrected chi connectivity index (χ0v) is 16.4. The molecular formula is C17H26ClNO5S. The maximum atomic E-state index is 12.5. The van der Waals surface area contributed by atoms with Gasteiger partial charge in [-0.15, -0.1) is 0 Å². The number of aliphatic hydroxyl groups is 2. The highest BCUT2D eigenvalue weighted by Gasteiger charge is 2.41. The van der Waals surface area contributed by atoms with Gasteiger partial charge in [0.25, 0.3) is 0 Å². The fourth-order valence-electron chi connectivity index (χ4n) is 2.88. The summed E-state index contributed by atoms with van der Waals surface area (Å²) in [4.78, 5) is 17.6. The molecule has 25 heavy (non-hydrogen) atoms. The van der Waals surface area contributed by atoms with Crippen molar-refractivity contribution in [3.05, 3.63) is 22.9 Å². The van der Waals surface area contributed by atoms with E-state index in [1.165, 1.54) is 5.54 Å². The molecule has 0 aromatic carbocycles. The first-order valence-corrected chi connectivity index (χ1v) is 10.1. The molecule has 0 spiro atoms. The first-order valence-electron chi connectivity index (χ1n) is 8.27. The molecule has 1 aliphatic rings. The molecule has 0 radical (unpaired) electrons. The topological polar surface area (TPSA) is 96.2 Å². The summed E-state index contributed by atoms with van der Waals surface area (Å²) in [5.74, 6) is -0.109. The fourth-order valence-corrected chi connectivity index (χ4v) is 4.01. The van der Waals surface area contributed by atoms with Crippen molar-refractivity contribution in [2.45, 2.75) is 57.3 Å². The van der Waals surface area contributed by atoms with Crippen LogP contribution < -0.4 is 0 Å². The standard InChI is InChI=1S/C17H26ClNO5S/c1-4-13(19-24-8-6-7-18)16-14(20)10-17(22,11-15(16)21)9-12(3)25(23)5-2/h6-7,12,20,22H,4-5,8-11H2,1-3H3/b7-6+,19-13-. The summed E-state index contributed by atoms with van der Waals surface area (Å²) in [6, 6.07) is 0. The Balaban J connectivity index is 2.97. The lowest BCUT2D eigenvalue weighted by atomic mass is 9.79. The number of Topliss-reactive ketones (excluding diaryl/α,β-unsaturated/α-hetero) is 1. The smallest absolute Gasteiger partial charge is 0.171 e. The number of oxime groups is 1. The Kier molecular flexibility index (Phi) is 8.82. The average Bonchev–Trinajstić information content (AvgIpc) is 2.54. The Morgan fingerprint density at radius 3 is 2.68 bits per heavy atom. The zero-order chi connectivity index (χ0) is 19.0. The van der Waals surface area contributed by atoms with Crippen molar-refractivity contribution in [3.63, 3.8) is 0 Å². The van der Waals surface area contributed by atoms with Crippen LogP contribution in [0.5, 0.6) is 0 Å². The molecule has 142 valence electrons. The molecule has 0 bridgehead atoms. The van der Waals surface area contributed by atoms with Gasteiger partial charge in [0.1, 0.15) is 12.4 Å². The normalized spacial score (nSPS) is 24.7. The minimum Gasteiger partial charge on any atom is -0.511 e. The first-order chi connectivity index (χ1) is 11.8. The molecule has 0 fully saturated rings. The minimum atomic E-state index is -1.39. The van der Waals surface area contributed by atoms with Gasteiger partial charge in [0.2, 0.25) is 0 Å². The molecule has 0 heterocycles. The lowest BCUT2D eigenvalue weighted by Crippen LogP contribution is -2.41. The van der Waals surface area contributed by atoms with Gasteiger partial charge in [-0.2, -0.15) is 0 Å². The minimum absolute atomic E-state index is 0.0695. The monoisotopic (exact) mass is 391 g/mol. The molecule has 1 rings (SSSR count). The molecule has 8 heteroatoms. The van der Waals surface area contributed by atoms with Crippen molar-refractivity contribution in [1.82, 2.24) is 0 Å². The second kappa shape index (κ2) is 10.1.